The van der Waals surface area contributed by atoms with Gasteiger partial charge < -0.3 is 10.2 Å². The average molecular weight is 220 g/mol. The normalized spacial score (nSPS) is 12.2. The lowest BCUT2D eigenvalue weighted by Crippen LogP contribution is -2.21. The summed E-state index contributed by atoms with van der Waals surface area (Å²) in [5.41, 5.74) is 0.194. The van der Waals surface area contributed by atoms with E-state index in [2.05, 4.69) is 5.10 Å². The molecule has 0 aliphatic heterocycles. The summed E-state index contributed by atoms with van der Waals surface area (Å²) in [6.45, 7) is 4.18. The van der Waals surface area contributed by atoms with E-state index in [-0.39, 0.29) is 5.75 Å². The van der Waals surface area contributed by atoms with Gasteiger partial charge in [-0.15, -0.1) is 0 Å². The quantitative estimate of drug-likeness (QED) is 0.830. The van der Waals surface area contributed by atoms with Gasteiger partial charge in [0, 0.05) is 18.0 Å². The maximum Gasteiger partial charge on any atom is 0.117 e. The van der Waals surface area contributed by atoms with Crippen LogP contribution in [0.3, 0.4) is 0 Å². The Hall–Kier alpha value is -1.55. The third-order valence-electron chi connectivity index (χ3n) is 2.56. The van der Waals surface area contributed by atoms with Gasteiger partial charge >= 0.3 is 0 Å². The minimum atomic E-state index is -0.699. The van der Waals surface area contributed by atoms with Gasteiger partial charge in [0.2, 0.25) is 0 Å². The maximum atomic E-state index is 9.65. The molecule has 0 spiro atoms. The molecule has 4 heteroatoms. The van der Waals surface area contributed by atoms with E-state index in [1.54, 1.807) is 36.9 Å². The molecule has 2 rings (SSSR count). The van der Waals surface area contributed by atoms with Crippen molar-refractivity contribution in [3.05, 3.63) is 24.4 Å². The van der Waals surface area contributed by atoms with Gasteiger partial charge in [-0.2, -0.15) is 5.10 Å². The van der Waals surface area contributed by atoms with E-state index in [0.29, 0.717) is 13.0 Å². The van der Waals surface area contributed by atoms with E-state index in [1.165, 1.54) is 0 Å². The Morgan fingerprint density at radius 2 is 2.12 bits per heavy atom. The van der Waals surface area contributed by atoms with Gasteiger partial charge in [0.1, 0.15) is 5.75 Å². The highest BCUT2D eigenvalue weighted by Gasteiger charge is 2.13. The van der Waals surface area contributed by atoms with Gasteiger partial charge in [0.05, 0.1) is 17.3 Å². The minimum Gasteiger partial charge on any atom is -0.508 e. The Morgan fingerprint density at radius 3 is 2.81 bits per heavy atom. The van der Waals surface area contributed by atoms with Crippen LogP contribution in [0.25, 0.3) is 10.9 Å². The zero-order valence-corrected chi connectivity index (χ0v) is 9.51. The Bertz CT molecular complexity index is 497. The molecule has 0 fully saturated rings. The molecule has 2 N–H and O–H groups in total. The van der Waals surface area contributed by atoms with Crippen molar-refractivity contribution in [3.63, 3.8) is 0 Å². The first-order valence-corrected chi connectivity index (χ1v) is 5.33. The van der Waals surface area contributed by atoms with E-state index in [4.69, 9.17) is 0 Å². The Morgan fingerprint density at radius 1 is 1.38 bits per heavy atom. The summed E-state index contributed by atoms with van der Waals surface area (Å²) in [5.74, 6) is 0.234. The summed E-state index contributed by atoms with van der Waals surface area (Å²) in [6.07, 6.45) is 2.39. The van der Waals surface area contributed by atoms with Crippen molar-refractivity contribution in [2.45, 2.75) is 32.4 Å². The van der Waals surface area contributed by atoms with Crippen LogP contribution in [0.15, 0.2) is 24.4 Å². The average Bonchev–Trinajstić information content (AvgIpc) is 2.56. The van der Waals surface area contributed by atoms with Crippen molar-refractivity contribution >= 4 is 10.9 Å². The molecular weight excluding hydrogens is 204 g/mol. The number of nitrogens with zero attached hydrogens (tertiary/aromatic N) is 2. The number of aromatic hydroxyl groups is 1. The first kappa shape index (κ1) is 11.0. The first-order chi connectivity index (χ1) is 7.46. The molecule has 0 aliphatic carbocycles. The highest BCUT2D eigenvalue weighted by atomic mass is 16.3. The van der Waals surface area contributed by atoms with Crippen molar-refractivity contribution in [1.29, 1.82) is 0 Å². The summed E-state index contributed by atoms with van der Waals surface area (Å²) in [5, 5.41) is 24.3. The van der Waals surface area contributed by atoms with Crippen molar-refractivity contribution in [3.8, 4) is 5.75 Å². The number of aliphatic hydroxyl groups is 1. The van der Waals surface area contributed by atoms with Crippen molar-refractivity contribution in [2.24, 2.45) is 0 Å². The lowest BCUT2D eigenvalue weighted by molar-refractivity contribution is 0.0655. The lowest BCUT2D eigenvalue weighted by atomic mass is 10.1. The minimum absolute atomic E-state index is 0.234. The predicted octanol–water partition coefficient (Wildman–Crippen LogP) is 1.90. The predicted molar refractivity (Wildman–Crippen MR) is 62.3 cm³/mol. The highest BCUT2D eigenvalue weighted by molar-refractivity contribution is 5.79. The number of hydrogen-bond acceptors (Lipinski definition) is 3. The largest absolute Gasteiger partial charge is 0.508 e. The third kappa shape index (κ3) is 2.33. The SMILES string of the molecule is CC(C)(O)CCn1ncc2ccc(O)cc21. The van der Waals surface area contributed by atoms with Crippen LogP contribution in [0.5, 0.6) is 5.75 Å². The van der Waals surface area contributed by atoms with Crippen LogP contribution < -0.4 is 0 Å². The molecule has 16 heavy (non-hydrogen) atoms. The summed E-state index contributed by atoms with van der Waals surface area (Å²) in [6, 6.07) is 5.16. The first-order valence-electron chi connectivity index (χ1n) is 5.33. The number of phenols is 1. The van der Waals surface area contributed by atoms with Gasteiger partial charge in [0.15, 0.2) is 0 Å². The lowest BCUT2D eigenvalue weighted by Gasteiger charge is -2.16. The topological polar surface area (TPSA) is 58.3 Å². The zero-order chi connectivity index (χ0) is 11.8. The monoisotopic (exact) mass is 220 g/mol. The number of rotatable bonds is 3. The number of benzene rings is 1. The molecule has 86 valence electrons. The fourth-order valence-electron chi connectivity index (χ4n) is 1.62. The van der Waals surface area contributed by atoms with Crippen LogP contribution in [-0.4, -0.2) is 25.6 Å². The number of hydrogen-bond donors (Lipinski definition) is 2. The number of aromatic nitrogens is 2. The Labute approximate surface area is 94.1 Å². The molecule has 1 aromatic heterocycles. The van der Waals surface area contributed by atoms with Crippen molar-refractivity contribution in [2.75, 3.05) is 0 Å². The molecule has 4 nitrogen and oxygen atoms in total. The van der Waals surface area contributed by atoms with Crippen LogP contribution in [-0.2, 0) is 6.54 Å². The van der Waals surface area contributed by atoms with Gasteiger partial charge in [-0.3, -0.25) is 4.68 Å². The second-order valence-electron chi connectivity index (χ2n) is 4.67. The molecule has 0 unspecified atom stereocenters. The molecule has 0 aliphatic rings. The number of fused-ring (bicyclic) bond motifs is 1. The van der Waals surface area contributed by atoms with Crippen LogP contribution in [0.1, 0.15) is 20.3 Å². The van der Waals surface area contributed by atoms with Gasteiger partial charge in [-0.25, -0.2) is 0 Å². The molecule has 0 saturated carbocycles. The zero-order valence-electron chi connectivity index (χ0n) is 9.51. The molecule has 0 amide bonds. The smallest absolute Gasteiger partial charge is 0.117 e. The molecule has 0 radical (unpaired) electrons. The molecule has 0 bridgehead atoms. The molecular formula is C12H16N2O2. The van der Waals surface area contributed by atoms with Crippen molar-refractivity contribution < 1.29 is 10.2 Å². The van der Waals surface area contributed by atoms with Crippen molar-refractivity contribution in [1.82, 2.24) is 9.78 Å². The van der Waals surface area contributed by atoms with E-state index in [0.717, 1.165) is 10.9 Å². The van der Waals surface area contributed by atoms with Crippen LogP contribution in [0.4, 0.5) is 0 Å². The van der Waals surface area contributed by atoms with E-state index in [9.17, 15) is 10.2 Å². The number of aryl methyl sites for hydroxylation is 1. The summed E-state index contributed by atoms with van der Waals surface area (Å²) in [7, 11) is 0. The van der Waals surface area contributed by atoms with E-state index < -0.39 is 5.60 Å². The van der Waals surface area contributed by atoms with Crippen LogP contribution >= 0.6 is 0 Å². The van der Waals surface area contributed by atoms with E-state index >= 15 is 0 Å². The molecule has 1 heterocycles. The highest BCUT2D eigenvalue weighted by Crippen LogP contribution is 2.20. The fourth-order valence-corrected chi connectivity index (χ4v) is 1.62. The van der Waals surface area contributed by atoms with Crippen LogP contribution in [0.2, 0.25) is 0 Å². The fraction of sp³-hybridized carbons (Fsp3) is 0.417. The summed E-state index contributed by atoms with van der Waals surface area (Å²) >= 11 is 0. The summed E-state index contributed by atoms with van der Waals surface area (Å²) in [4.78, 5) is 0. The number of phenolic OH excluding ortho intramolecular Hbond substituents is 1. The molecule has 1 aromatic carbocycles. The van der Waals surface area contributed by atoms with Gasteiger partial charge in [-0.1, -0.05) is 0 Å². The molecule has 0 atom stereocenters. The van der Waals surface area contributed by atoms with Gasteiger partial charge in [-0.05, 0) is 32.4 Å². The Balaban J connectivity index is 2.28. The van der Waals surface area contributed by atoms with Crippen LogP contribution in [0, 0.1) is 0 Å². The second kappa shape index (κ2) is 3.79. The maximum absolute atomic E-state index is 9.65. The second-order valence-corrected chi connectivity index (χ2v) is 4.67. The molecule has 0 saturated heterocycles. The summed E-state index contributed by atoms with van der Waals surface area (Å²) < 4.78 is 1.80. The van der Waals surface area contributed by atoms with E-state index in [1.807, 2.05) is 6.07 Å². The van der Waals surface area contributed by atoms with Gasteiger partial charge in [0.25, 0.3) is 0 Å². The standard InChI is InChI=1S/C12H16N2O2/c1-12(2,16)5-6-14-11-7-10(15)4-3-9(11)8-13-14/h3-4,7-8,15-16H,5-6H2,1-2H3. The molecule has 2 aromatic rings. The third-order valence-corrected chi connectivity index (χ3v) is 2.56. The Kier molecular flexibility index (Phi) is 2.59.